The quantitative estimate of drug-likeness (QED) is 0.316. The minimum atomic E-state index is -0.165. The molecule has 1 aliphatic carbocycles. The Labute approximate surface area is 191 Å². The maximum atomic E-state index is 13.6. The van der Waals surface area contributed by atoms with E-state index < -0.39 is 0 Å². The number of halogens is 2. The molecule has 1 fully saturated rings. The molecule has 2 aromatic rings. The van der Waals surface area contributed by atoms with Gasteiger partial charge < -0.3 is 15.5 Å². The lowest BCUT2D eigenvalue weighted by Gasteiger charge is -2.19. The highest BCUT2D eigenvalue weighted by atomic mass is 127. The third-order valence-corrected chi connectivity index (χ3v) is 5.24. The summed E-state index contributed by atoms with van der Waals surface area (Å²) in [5.74, 6) is 0.645. The van der Waals surface area contributed by atoms with Crippen LogP contribution < -0.4 is 10.6 Å². The van der Waals surface area contributed by atoms with Gasteiger partial charge in [-0.15, -0.1) is 24.0 Å². The number of aliphatic imine (C=N–C) groups is 1. The van der Waals surface area contributed by atoms with Crippen LogP contribution in [-0.4, -0.2) is 38.0 Å². The molecule has 158 valence electrons. The monoisotopic (exact) mass is 510 g/mol. The molecule has 2 aromatic carbocycles. The fraction of sp³-hybridized carbons (Fsp3) is 0.435. The number of rotatable bonds is 8. The largest absolute Gasteiger partial charge is 0.357 e. The van der Waals surface area contributed by atoms with Crippen LogP contribution in [0.3, 0.4) is 0 Å². The van der Waals surface area contributed by atoms with Crippen LogP contribution in [0.15, 0.2) is 53.5 Å². The van der Waals surface area contributed by atoms with Gasteiger partial charge in [-0.1, -0.05) is 36.4 Å². The predicted octanol–water partition coefficient (Wildman–Crippen LogP) is 4.29. The summed E-state index contributed by atoms with van der Waals surface area (Å²) in [6, 6.07) is 15.4. The summed E-state index contributed by atoms with van der Waals surface area (Å²) in [6.07, 6.45) is 2.16. The van der Waals surface area contributed by atoms with Crippen molar-refractivity contribution in [3.8, 4) is 0 Å². The van der Waals surface area contributed by atoms with Gasteiger partial charge in [-0.3, -0.25) is 0 Å². The van der Waals surface area contributed by atoms with Gasteiger partial charge in [0, 0.05) is 25.0 Å². The topological polar surface area (TPSA) is 39.7 Å². The zero-order valence-corrected chi connectivity index (χ0v) is 19.9. The fourth-order valence-electron chi connectivity index (χ4n) is 3.50. The second-order valence-electron chi connectivity index (χ2n) is 7.85. The molecule has 3 rings (SSSR count). The first-order valence-electron chi connectivity index (χ1n) is 10.0. The van der Waals surface area contributed by atoms with E-state index in [1.165, 1.54) is 17.2 Å². The average molecular weight is 510 g/mol. The van der Waals surface area contributed by atoms with Crippen molar-refractivity contribution in [1.82, 2.24) is 15.5 Å². The van der Waals surface area contributed by atoms with Gasteiger partial charge >= 0.3 is 0 Å². The first kappa shape index (κ1) is 23.6. The normalized spacial score (nSPS) is 15.0. The van der Waals surface area contributed by atoms with Gasteiger partial charge in [0.05, 0.1) is 6.54 Å². The van der Waals surface area contributed by atoms with E-state index >= 15 is 0 Å². The summed E-state index contributed by atoms with van der Waals surface area (Å²) in [5.41, 5.74) is 3.64. The highest BCUT2D eigenvalue weighted by Gasteiger charge is 2.44. The smallest absolute Gasteiger partial charge is 0.191 e. The van der Waals surface area contributed by atoms with Gasteiger partial charge in [0.2, 0.25) is 0 Å². The Morgan fingerprint density at radius 3 is 2.41 bits per heavy atom. The molecule has 0 spiro atoms. The van der Waals surface area contributed by atoms with Crippen LogP contribution in [0.5, 0.6) is 0 Å². The Morgan fingerprint density at radius 2 is 1.79 bits per heavy atom. The summed E-state index contributed by atoms with van der Waals surface area (Å²) in [4.78, 5) is 6.96. The van der Waals surface area contributed by atoms with Gasteiger partial charge in [0.15, 0.2) is 5.96 Å². The molecule has 0 atom stereocenters. The lowest BCUT2D eigenvalue weighted by Crippen LogP contribution is -2.41. The third-order valence-electron chi connectivity index (χ3n) is 5.24. The second-order valence-corrected chi connectivity index (χ2v) is 7.85. The van der Waals surface area contributed by atoms with E-state index in [1.807, 2.05) is 6.07 Å². The van der Waals surface area contributed by atoms with Gasteiger partial charge in [-0.2, -0.15) is 0 Å². The van der Waals surface area contributed by atoms with Crippen LogP contribution in [0, 0.1) is 5.82 Å². The summed E-state index contributed by atoms with van der Waals surface area (Å²) < 4.78 is 13.6. The maximum Gasteiger partial charge on any atom is 0.191 e. The Morgan fingerprint density at radius 1 is 1.07 bits per heavy atom. The van der Waals surface area contributed by atoms with Crippen molar-refractivity contribution >= 4 is 29.9 Å². The molecule has 4 nitrogen and oxygen atoms in total. The molecule has 1 aliphatic rings. The van der Waals surface area contributed by atoms with Crippen molar-refractivity contribution in [2.45, 2.75) is 38.3 Å². The van der Waals surface area contributed by atoms with Crippen LogP contribution in [0.1, 0.15) is 36.5 Å². The number of benzene rings is 2. The first-order valence-corrected chi connectivity index (χ1v) is 10.0. The molecule has 0 amide bonds. The van der Waals surface area contributed by atoms with E-state index in [0.29, 0.717) is 6.54 Å². The summed E-state index contributed by atoms with van der Waals surface area (Å²) >= 11 is 0. The zero-order valence-electron chi connectivity index (χ0n) is 17.5. The maximum absolute atomic E-state index is 13.6. The molecular weight excluding hydrogens is 478 g/mol. The van der Waals surface area contributed by atoms with Crippen molar-refractivity contribution in [1.29, 1.82) is 0 Å². The lowest BCUT2D eigenvalue weighted by atomic mass is 9.96. The molecule has 0 saturated heterocycles. The molecule has 1 saturated carbocycles. The van der Waals surface area contributed by atoms with Crippen molar-refractivity contribution in [2.24, 2.45) is 4.99 Å². The first-order chi connectivity index (χ1) is 13.5. The minimum absolute atomic E-state index is 0. The third kappa shape index (κ3) is 6.67. The van der Waals surface area contributed by atoms with Crippen molar-refractivity contribution in [3.63, 3.8) is 0 Å². The van der Waals surface area contributed by atoms with Gasteiger partial charge in [0.1, 0.15) is 5.82 Å². The standard InChI is InChI=1S/C23H31FN4.HI/c1-4-25-22(26-15-18-8-5-6-9-19(18)16-28(2)3)27-17-23(12-13-23)20-10-7-11-21(24)14-20;/h5-11,14H,4,12-13,15-17H2,1-3H3,(H2,25,26,27);1H. The van der Waals surface area contributed by atoms with Crippen molar-refractivity contribution in [3.05, 3.63) is 71.0 Å². The minimum Gasteiger partial charge on any atom is -0.357 e. The van der Waals surface area contributed by atoms with Gasteiger partial charge in [-0.05, 0) is 62.7 Å². The number of hydrogen-bond donors (Lipinski definition) is 2. The summed E-state index contributed by atoms with van der Waals surface area (Å²) in [6.45, 7) is 5.17. The van der Waals surface area contributed by atoms with Crippen molar-refractivity contribution in [2.75, 3.05) is 27.2 Å². The molecule has 0 aliphatic heterocycles. The van der Waals surface area contributed by atoms with E-state index in [0.717, 1.165) is 44.0 Å². The molecule has 2 N–H and O–H groups in total. The molecule has 0 bridgehead atoms. The molecule has 0 unspecified atom stereocenters. The van der Waals surface area contributed by atoms with E-state index in [2.05, 4.69) is 60.8 Å². The number of nitrogens with one attached hydrogen (secondary N) is 2. The Bertz CT molecular complexity index is 818. The van der Waals surface area contributed by atoms with Crippen LogP contribution in [0.4, 0.5) is 4.39 Å². The summed E-state index contributed by atoms with van der Waals surface area (Å²) in [7, 11) is 4.15. The van der Waals surface area contributed by atoms with E-state index in [9.17, 15) is 4.39 Å². The molecular formula is C23H32FIN4. The molecule has 6 heteroatoms. The van der Waals surface area contributed by atoms with Gasteiger partial charge in [0.25, 0.3) is 0 Å². The lowest BCUT2D eigenvalue weighted by molar-refractivity contribution is 0.401. The van der Waals surface area contributed by atoms with Crippen LogP contribution in [0.2, 0.25) is 0 Å². The molecule has 29 heavy (non-hydrogen) atoms. The highest BCUT2D eigenvalue weighted by Crippen LogP contribution is 2.47. The van der Waals surface area contributed by atoms with Crippen LogP contribution >= 0.6 is 24.0 Å². The average Bonchev–Trinajstić information content (AvgIpc) is 3.46. The van der Waals surface area contributed by atoms with Crippen molar-refractivity contribution < 1.29 is 4.39 Å². The Hall–Kier alpha value is -1.67. The molecule has 0 radical (unpaired) electrons. The molecule has 0 heterocycles. The fourth-order valence-corrected chi connectivity index (χ4v) is 3.50. The van der Waals surface area contributed by atoms with Crippen LogP contribution in [0.25, 0.3) is 0 Å². The van der Waals surface area contributed by atoms with E-state index in [1.54, 1.807) is 12.1 Å². The summed E-state index contributed by atoms with van der Waals surface area (Å²) in [5, 5.41) is 6.81. The predicted molar refractivity (Wildman–Crippen MR) is 129 cm³/mol. The van der Waals surface area contributed by atoms with Gasteiger partial charge in [-0.25, -0.2) is 9.38 Å². The SMILES string of the molecule is CCNC(=NCc1ccccc1CN(C)C)NCC1(c2cccc(F)c2)CC1.I. The zero-order chi connectivity index (χ0) is 20.0. The second kappa shape index (κ2) is 10.9. The number of hydrogen-bond acceptors (Lipinski definition) is 2. The Balaban J connectivity index is 0.00000300. The van der Waals surface area contributed by atoms with Crippen LogP contribution in [-0.2, 0) is 18.5 Å². The highest BCUT2D eigenvalue weighted by molar-refractivity contribution is 14.0. The molecule has 0 aromatic heterocycles. The Kier molecular flexibility index (Phi) is 8.89. The number of guanidine groups is 1. The van der Waals surface area contributed by atoms with E-state index in [-0.39, 0.29) is 35.2 Å². The number of nitrogens with zero attached hydrogens (tertiary/aromatic N) is 2. The van der Waals surface area contributed by atoms with E-state index in [4.69, 9.17) is 4.99 Å².